The first-order valence-corrected chi connectivity index (χ1v) is 6.48. The van der Waals surface area contributed by atoms with Gasteiger partial charge >= 0.3 is 5.69 Å². The number of aryl methyl sites for hydroxylation is 1. The molecule has 2 rings (SSSR count). The molecule has 18 heavy (non-hydrogen) atoms. The number of nitrogens with one attached hydrogen (secondary N) is 1. The van der Waals surface area contributed by atoms with Gasteiger partial charge in [0.05, 0.1) is 4.92 Å². The molecule has 100 valence electrons. The largest absolute Gasteiger partial charge is 0.364 e. The summed E-state index contributed by atoms with van der Waals surface area (Å²) in [6.07, 6.45) is 3.71. The number of nitrogens with zero attached hydrogens (tertiary/aromatic N) is 3. The Morgan fingerprint density at radius 1 is 1.56 bits per heavy atom. The second-order valence-corrected chi connectivity index (χ2v) is 5.26. The smallest absolute Gasteiger partial charge is 0.333 e. The average Bonchev–Trinajstić information content (AvgIpc) is 2.53. The van der Waals surface area contributed by atoms with Crippen molar-refractivity contribution >= 4 is 11.5 Å². The van der Waals surface area contributed by atoms with E-state index in [1.54, 1.807) is 11.6 Å². The van der Waals surface area contributed by atoms with Gasteiger partial charge in [-0.2, -0.15) is 5.10 Å². The fraction of sp³-hybridized carbons (Fsp3) is 0.750. The lowest BCUT2D eigenvalue weighted by molar-refractivity contribution is -0.384. The van der Waals surface area contributed by atoms with Crippen molar-refractivity contribution in [3.8, 4) is 0 Å². The zero-order valence-electron chi connectivity index (χ0n) is 11.1. The molecule has 0 unspecified atom stereocenters. The fourth-order valence-electron chi connectivity index (χ4n) is 2.23. The molecule has 1 N–H and O–H groups in total. The van der Waals surface area contributed by atoms with E-state index in [9.17, 15) is 10.1 Å². The third kappa shape index (κ3) is 2.32. The molecule has 1 saturated carbocycles. The first-order valence-electron chi connectivity index (χ1n) is 6.48. The van der Waals surface area contributed by atoms with Gasteiger partial charge in [-0.25, -0.2) is 4.68 Å². The second kappa shape index (κ2) is 4.96. The van der Waals surface area contributed by atoms with Crippen molar-refractivity contribution in [2.75, 3.05) is 11.9 Å². The molecule has 1 aliphatic carbocycles. The summed E-state index contributed by atoms with van der Waals surface area (Å²) in [4.78, 5) is 10.8. The van der Waals surface area contributed by atoms with Crippen LogP contribution < -0.4 is 5.32 Å². The molecule has 0 radical (unpaired) electrons. The van der Waals surface area contributed by atoms with Gasteiger partial charge in [0.1, 0.15) is 5.69 Å². The zero-order valence-corrected chi connectivity index (χ0v) is 11.1. The van der Waals surface area contributed by atoms with Gasteiger partial charge in [-0.05, 0) is 39.5 Å². The predicted octanol–water partition coefficient (Wildman–Crippen LogP) is 2.89. The number of aromatic nitrogens is 2. The van der Waals surface area contributed by atoms with E-state index < -0.39 is 0 Å². The summed E-state index contributed by atoms with van der Waals surface area (Å²) < 4.78 is 1.71. The maximum atomic E-state index is 11.1. The molecule has 0 amide bonds. The van der Waals surface area contributed by atoms with Crippen LogP contribution in [-0.2, 0) is 0 Å². The topological polar surface area (TPSA) is 73.0 Å². The molecule has 6 heteroatoms. The third-order valence-electron chi connectivity index (χ3n) is 3.51. The Morgan fingerprint density at radius 2 is 2.22 bits per heavy atom. The normalized spacial score (nSPS) is 15.8. The number of hydrogen-bond acceptors (Lipinski definition) is 4. The standard InChI is InChI=1S/C12H20N4O2/c1-8(2)15-12(13-7-10-5-4-6-10)11(16(17)18)9(3)14-15/h8,10,13H,4-7H2,1-3H3. The molecule has 0 bridgehead atoms. The molecule has 1 heterocycles. The SMILES string of the molecule is Cc1nn(C(C)C)c(NCC2CCC2)c1[N+](=O)[O-]. The Hall–Kier alpha value is -1.59. The zero-order chi connectivity index (χ0) is 13.3. The van der Waals surface area contributed by atoms with Crippen molar-refractivity contribution in [2.45, 2.75) is 46.1 Å². The van der Waals surface area contributed by atoms with E-state index in [1.165, 1.54) is 19.3 Å². The second-order valence-electron chi connectivity index (χ2n) is 5.26. The van der Waals surface area contributed by atoms with E-state index in [4.69, 9.17) is 0 Å². The number of nitro groups is 1. The van der Waals surface area contributed by atoms with Crippen LogP contribution in [0.2, 0.25) is 0 Å². The molecule has 1 fully saturated rings. The lowest BCUT2D eigenvalue weighted by Crippen LogP contribution is -2.23. The van der Waals surface area contributed by atoms with E-state index in [0.717, 1.165) is 6.54 Å². The van der Waals surface area contributed by atoms with Crippen LogP contribution in [0.3, 0.4) is 0 Å². The monoisotopic (exact) mass is 252 g/mol. The molecular formula is C12H20N4O2. The quantitative estimate of drug-likeness (QED) is 0.646. The van der Waals surface area contributed by atoms with Crippen LogP contribution in [0.15, 0.2) is 0 Å². The molecule has 1 aromatic heterocycles. The van der Waals surface area contributed by atoms with Gasteiger partial charge in [0.15, 0.2) is 0 Å². The van der Waals surface area contributed by atoms with Crippen molar-refractivity contribution in [1.82, 2.24) is 9.78 Å². The summed E-state index contributed by atoms with van der Waals surface area (Å²) in [5, 5.41) is 18.6. The highest BCUT2D eigenvalue weighted by Crippen LogP contribution is 2.32. The summed E-state index contributed by atoms with van der Waals surface area (Å²) in [5.74, 6) is 1.21. The highest BCUT2D eigenvalue weighted by molar-refractivity contribution is 5.59. The molecule has 0 aliphatic heterocycles. The summed E-state index contributed by atoms with van der Waals surface area (Å²) >= 11 is 0. The van der Waals surface area contributed by atoms with Crippen LogP contribution in [0.5, 0.6) is 0 Å². The van der Waals surface area contributed by atoms with Crippen LogP contribution >= 0.6 is 0 Å². The molecular weight excluding hydrogens is 232 g/mol. The minimum Gasteiger partial charge on any atom is -0.364 e. The van der Waals surface area contributed by atoms with E-state index in [2.05, 4.69) is 10.4 Å². The number of hydrogen-bond donors (Lipinski definition) is 1. The average molecular weight is 252 g/mol. The Morgan fingerprint density at radius 3 is 2.67 bits per heavy atom. The lowest BCUT2D eigenvalue weighted by atomic mass is 9.85. The summed E-state index contributed by atoms with van der Waals surface area (Å²) in [7, 11) is 0. The molecule has 0 saturated heterocycles. The van der Waals surface area contributed by atoms with Crippen LogP contribution in [0, 0.1) is 23.0 Å². The first-order chi connectivity index (χ1) is 8.50. The maximum Gasteiger partial charge on any atom is 0.333 e. The maximum absolute atomic E-state index is 11.1. The molecule has 1 aliphatic rings. The van der Waals surface area contributed by atoms with Crippen molar-refractivity contribution < 1.29 is 4.92 Å². The predicted molar refractivity (Wildman–Crippen MR) is 69.8 cm³/mol. The summed E-state index contributed by atoms with van der Waals surface area (Å²) in [6, 6.07) is 0.112. The van der Waals surface area contributed by atoms with E-state index in [-0.39, 0.29) is 16.7 Å². The number of rotatable bonds is 5. The highest BCUT2D eigenvalue weighted by Gasteiger charge is 2.27. The summed E-state index contributed by atoms with van der Waals surface area (Å²) in [5.41, 5.74) is 0.591. The first kappa shape index (κ1) is 12.9. The molecule has 0 aromatic carbocycles. The number of anilines is 1. The van der Waals surface area contributed by atoms with Gasteiger partial charge in [-0.1, -0.05) is 6.42 Å². The lowest BCUT2D eigenvalue weighted by Gasteiger charge is -2.26. The van der Waals surface area contributed by atoms with Gasteiger partial charge in [0.2, 0.25) is 5.82 Å². The summed E-state index contributed by atoms with van der Waals surface area (Å²) in [6.45, 7) is 6.44. The molecule has 1 aromatic rings. The Kier molecular flexibility index (Phi) is 3.54. The minimum atomic E-state index is -0.343. The van der Waals surface area contributed by atoms with Gasteiger partial charge in [0.25, 0.3) is 0 Å². The van der Waals surface area contributed by atoms with Gasteiger partial charge in [0, 0.05) is 12.6 Å². The van der Waals surface area contributed by atoms with Crippen molar-refractivity contribution in [3.05, 3.63) is 15.8 Å². The third-order valence-corrected chi connectivity index (χ3v) is 3.51. The van der Waals surface area contributed by atoms with E-state index >= 15 is 0 Å². The molecule has 6 nitrogen and oxygen atoms in total. The van der Waals surface area contributed by atoms with Gasteiger partial charge in [-0.3, -0.25) is 10.1 Å². The Labute approximate surface area is 107 Å². The fourth-order valence-corrected chi connectivity index (χ4v) is 2.23. The van der Waals surface area contributed by atoms with E-state index in [0.29, 0.717) is 17.4 Å². The van der Waals surface area contributed by atoms with Crippen molar-refractivity contribution in [2.24, 2.45) is 5.92 Å². The Bertz CT molecular complexity index is 449. The van der Waals surface area contributed by atoms with E-state index in [1.807, 2.05) is 13.8 Å². The van der Waals surface area contributed by atoms with Crippen LogP contribution in [0.4, 0.5) is 11.5 Å². The van der Waals surface area contributed by atoms with Crippen LogP contribution in [0.1, 0.15) is 44.8 Å². The van der Waals surface area contributed by atoms with Crippen molar-refractivity contribution in [3.63, 3.8) is 0 Å². The highest BCUT2D eigenvalue weighted by atomic mass is 16.6. The van der Waals surface area contributed by atoms with Gasteiger partial charge < -0.3 is 5.32 Å². The minimum absolute atomic E-state index is 0.112. The van der Waals surface area contributed by atoms with Gasteiger partial charge in [-0.15, -0.1) is 0 Å². The van der Waals surface area contributed by atoms with Crippen molar-refractivity contribution in [1.29, 1.82) is 0 Å². The molecule has 0 atom stereocenters. The van der Waals surface area contributed by atoms with Crippen LogP contribution in [0.25, 0.3) is 0 Å². The Balaban J connectivity index is 2.24. The molecule has 0 spiro atoms. The van der Waals surface area contributed by atoms with Crippen LogP contribution in [-0.4, -0.2) is 21.2 Å².